The van der Waals surface area contributed by atoms with Gasteiger partial charge in [-0.3, -0.25) is 33.8 Å². The van der Waals surface area contributed by atoms with Crippen molar-refractivity contribution in [1.82, 2.24) is 26.6 Å². The zero-order valence-electron chi connectivity index (χ0n) is 23.1. The van der Waals surface area contributed by atoms with Crippen molar-refractivity contribution >= 4 is 41.5 Å². The molecule has 0 aliphatic carbocycles. The summed E-state index contributed by atoms with van der Waals surface area (Å²) in [6.45, 7) is 3.29. The molecule has 2 bridgehead atoms. The fourth-order valence-corrected chi connectivity index (χ4v) is 4.04. The molecule has 0 aromatic heterocycles. The van der Waals surface area contributed by atoms with Gasteiger partial charge in [-0.15, -0.1) is 0 Å². The number of carboxylic acids is 1. The lowest BCUT2D eigenvalue weighted by Gasteiger charge is -2.24. The van der Waals surface area contributed by atoms with E-state index in [2.05, 4.69) is 31.6 Å². The molecule has 1 aliphatic heterocycles. The second kappa shape index (κ2) is 15.8. The molecule has 10 N–H and O–H groups in total. The van der Waals surface area contributed by atoms with Gasteiger partial charge in [0.1, 0.15) is 18.1 Å². The summed E-state index contributed by atoms with van der Waals surface area (Å²) in [7, 11) is 0. The molecule has 2 rings (SSSR count). The maximum Gasteiger partial charge on any atom is 0.305 e. The number of aliphatic imine (C=N–C) groups is 1. The molecule has 0 unspecified atom stereocenters. The van der Waals surface area contributed by atoms with Crippen molar-refractivity contribution in [2.24, 2.45) is 22.4 Å². The van der Waals surface area contributed by atoms with Crippen LogP contribution in [0.3, 0.4) is 0 Å². The van der Waals surface area contributed by atoms with Crippen LogP contribution in [0.4, 0.5) is 0 Å². The summed E-state index contributed by atoms with van der Waals surface area (Å²) >= 11 is 0. The lowest BCUT2D eigenvalue weighted by Crippen LogP contribution is -2.55. The molecule has 1 heterocycles. The van der Waals surface area contributed by atoms with E-state index >= 15 is 0 Å². The van der Waals surface area contributed by atoms with Crippen LogP contribution in [0.25, 0.3) is 0 Å². The van der Waals surface area contributed by atoms with Crippen LogP contribution in [-0.2, 0) is 30.5 Å². The molecule has 3 atom stereocenters. The number of fused-ring (bicyclic) bond motifs is 2. The minimum absolute atomic E-state index is 0.0158. The quantitative estimate of drug-likeness (QED) is 0.0977. The average Bonchev–Trinajstić information content (AvgIpc) is 2.90. The molecule has 5 amide bonds. The first-order valence-corrected chi connectivity index (χ1v) is 13.2. The molecule has 1 aromatic rings. The summed E-state index contributed by atoms with van der Waals surface area (Å²) in [6, 6.07) is 2.80. The van der Waals surface area contributed by atoms with E-state index in [0.29, 0.717) is 12.0 Å². The number of amides is 5. The Morgan fingerprint density at radius 2 is 1.63 bits per heavy atom. The Kier molecular flexibility index (Phi) is 12.5. The molecule has 0 radical (unpaired) electrons. The number of benzene rings is 1. The molecule has 224 valence electrons. The Morgan fingerprint density at radius 3 is 2.29 bits per heavy atom. The van der Waals surface area contributed by atoms with Gasteiger partial charge in [-0.2, -0.15) is 0 Å². The molecule has 1 aliphatic rings. The van der Waals surface area contributed by atoms with Gasteiger partial charge in [0.05, 0.1) is 13.0 Å². The molecular formula is C26H38N8O7. The first-order valence-electron chi connectivity index (χ1n) is 13.2. The molecule has 0 saturated carbocycles. The number of hydrogen-bond acceptors (Lipinski definition) is 7. The molecule has 0 saturated heterocycles. The average molecular weight is 575 g/mol. The van der Waals surface area contributed by atoms with Crippen LogP contribution in [-0.4, -0.2) is 77.8 Å². The third kappa shape index (κ3) is 11.5. The van der Waals surface area contributed by atoms with Gasteiger partial charge in [-0.25, -0.2) is 0 Å². The highest BCUT2D eigenvalue weighted by molar-refractivity contribution is 5.99. The van der Waals surface area contributed by atoms with E-state index in [9.17, 15) is 33.9 Å². The smallest absolute Gasteiger partial charge is 0.305 e. The standard InChI is InChI=1S/C26H38N8O7/c1-14(2)9-18-25(41)33-17(7-4-8-29-26(27)28)23(39)31-13-20(35)32-19(11-21(36)37)24(40)30-12-15-5-3-6-16(10-15)22(38)34-18/h3,5-6,10,14,17-19H,4,7-9,11-13H2,1-2H3,(H,30,40)(H,31,39)(H,32,35)(H,33,41)(H,34,38)(H,36,37)(H4,27,28,29)/t17-,18+,19-/m0/s1. The monoisotopic (exact) mass is 574 g/mol. The first kappa shape index (κ1) is 32.5. The number of aliphatic carboxylic acids is 1. The molecule has 15 heteroatoms. The zero-order valence-corrected chi connectivity index (χ0v) is 23.1. The Balaban J connectivity index is 2.39. The molecule has 0 fully saturated rings. The number of carboxylic acid groups (broad SMARTS) is 1. The summed E-state index contributed by atoms with van der Waals surface area (Å²) < 4.78 is 0. The number of hydrogen-bond donors (Lipinski definition) is 8. The normalized spacial score (nSPS) is 20.9. The number of carbonyl (C=O) groups excluding carboxylic acids is 5. The van der Waals surface area contributed by atoms with Crippen molar-refractivity contribution in [1.29, 1.82) is 0 Å². The van der Waals surface area contributed by atoms with Crippen molar-refractivity contribution in [3.8, 4) is 0 Å². The first-order chi connectivity index (χ1) is 19.3. The van der Waals surface area contributed by atoms with E-state index in [1.165, 1.54) is 12.1 Å². The Bertz CT molecular complexity index is 1170. The van der Waals surface area contributed by atoms with Gasteiger partial charge >= 0.3 is 5.97 Å². The van der Waals surface area contributed by atoms with Crippen LogP contribution in [0.1, 0.15) is 55.5 Å². The molecular weight excluding hydrogens is 536 g/mol. The van der Waals surface area contributed by atoms with Crippen LogP contribution in [0.5, 0.6) is 0 Å². The second-order valence-electron chi connectivity index (χ2n) is 10.0. The number of nitrogens with zero attached hydrogens (tertiary/aromatic N) is 1. The lowest BCUT2D eigenvalue weighted by molar-refractivity contribution is -0.140. The van der Waals surface area contributed by atoms with Gasteiger partial charge in [0, 0.05) is 18.7 Å². The van der Waals surface area contributed by atoms with E-state index in [0.717, 1.165) is 0 Å². The Labute approximate surface area is 237 Å². The van der Waals surface area contributed by atoms with Gasteiger partial charge in [0.25, 0.3) is 5.91 Å². The van der Waals surface area contributed by atoms with Gasteiger partial charge in [-0.05, 0) is 42.9 Å². The van der Waals surface area contributed by atoms with Crippen LogP contribution in [0, 0.1) is 5.92 Å². The van der Waals surface area contributed by atoms with Crippen molar-refractivity contribution in [3.05, 3.63) is 35.4 Å². The van der Waals surface area contributed by atoms with E-state index in [1.54, 1.807) is 12.1 Å². The highest BCUT2D eigenvalue weighted by Gasteiger charge is 2.29. The summed E-state index contributed by atoms with van der Waals surface area (Å²) in [4.78, 5) is 79.8. The Morgan fingerprint density at radius 1 is 0.951 bits per heavy atom. The van der Waals surface area contributed by atoms with Crippen LogP contribution < -0.4 is 38.1 Å². The molecule has 41 heavy (non-hydrogen) atoms. The van der Waals surface area contributed by atoms with Crippen LogP contribution >= 0.6 is 0 Å². The van der Waals surface area contributed by atoms with E-state index in [-0.39, 0.29) is 43.4 Å². The number of nitrogens with two attached hydrogens (primary N) is 2. The summed E-state index contributed by atoms with van der Waals surface area (Å²) in [6.07, 6.45) is -0.0144. The third-order valence-corrected chi connectivity index (χ3v) is 6.02. The minimum Gasteiger partial charge on any atom is -0.481 e. The minimum atomic E-state index is -1.42. The lowest BCUT2D eigenvalue weighted by atomic mass is 10.0. The number of guanidine groups is 1. The van der Waals surface area contributed by atoms with Gasteiger partial charge in [0.2, 0.25) is 23.6 Å². The van der Waals surface area contributed by atoms with E-state index in [1.807, 2.05) is 13.8 Å². The summed E-state index contributed by atoms with van der Waals surface area (Å²) in [5.41, 5.74) is 11.4. The number of nitrogens with one attached hydrogen (secondary N) is 5. The van der Waals surface area contributed by atoms with Gasteiger partial charge in [0.15, 0.2) is 5.96 Å². The predicted molar refractivity (Wildman–Crippen MR) is 148 cm³/mol. The third-order valence-electron chi connectivity index (χ3n) is 6.02. The van der Waals surface area contributed by atoms with Crippen LogP contribution in [0.15, 0.2) is 29.3 Å². The van der Waals surface area contributed by atoms with Crippen molar-refractivity contribution in [2.45, 2.75) is 64.2 Å². The fourth-order valence-electron chi connectivity index (χ4n) is 4.04. The maximum atomic E-state index is 13.3. The van der Waals surface area contributed by atoms with Crippen molar-refractivity contribution < 1.29 is 33.9 Å². The number of carbonyl (C=O) groups is 6. The number of rotatable bonds is 8. The van der Waals surface area contributed by atoms with Gasteiger partial charge in [-0.1, -0.05) is 26.0 Å². The topological polar surface area (TPSA) is 247 Å². The van der Waals surface area contributed by atoms with Crippen molar-refractivity contribution in [3.63, 3.8) is 0 Å². The van der Waals surface area contributed by atoms with Crippen LogP contribution in [0.2, 0.25) is 0 Å². The molecule has 0 spiro atoms. The maximum absolute atomic E-state index is 13.3. The largest absolute Gasteiger partial charge is 0.481 e. The highest BCUT2D eigenvalue weighted by atomic mass is 16.4. The van der Waals surface area contributed by atoms with E-state index < -0.39 is 66.6 Å². The summed E-state index contributed by atoms with van der Waals surface area (Å²) in [5, 5.41) is 21.8. The SMILES string of the molecule is CC(C)C[C@H]1NC(=O)c2cccc(c2)CNC(=O)[C@H](CC(=O)O)NC(=O)CNC(=O)[C@H](CCCN=C(N)N)NC1=O. The Hall–Kier alpha value is -4.69. The zero-order chi connectivity index (χ0) is 30.5. The van der Waals surface area contributed by atoms with Crippen molar-refractivity contribution in [2.75, 3.05) is 13.1 Å². The highest BCUT2D eigenvalue weighted by Crippen LogP contribution is 2.11. The van der Waals surface area contributed by atoms with Gasteiger partial charge < -0.3 is 43.2 Å². The molecule has 15 nitrogen and oxygen atoms in total. The predicted octanol–water partition coefficient (Wildman–Crippen LogP) is -1.92. The van der Waals surface area contributed by atoms with E-state index in [4.69, 9.17) is 11.5 Å². The molecule has 1 aromatic carbocycles. The fraction of sp³-hybridized carbons (Fsp3) is 0.500. The summed E-state index contributed by atoms with van der Waals surface area (Å²) in [5.74, 6) is -4.85. The second-order valence-corrected chi connectivity index (χ2v) is 10.0.